The fraction of sp³-hybridized carbons (Fsp3) is 0.429. The first-order valence-corrected chi connectivity index (χ1v) is 7.77. The summed E-state index contributed by atoms with van der Waals surface area (Å²) in [5.74, 6) is 0.460. The molecule has 6 heteroatoms. The summed E-state index contributed by atoms with van der Waals surface area (Å²) in [6.07, 6.45) is 3.02. The molecule has 2 atom stereocenters. The second-order valence-electron chi connectivity index (χ2n) is 5.10. The predicted octanol–water partition coefficient (Wildman–Crippen LogP) is 2.22. The van der Waals surface area contributed by atoms with Crippen LogP contribution in [-0.2, 0) is 4.79 Å². The van der Waals surface area contributed by atoms with Crippen LogP contribution in [-0.4, -0.2) is 28.8 Å². The zero-order valence-corrected chi connectivity index (χ0v) is 12.2. The van der Waals surface area contributed by atoms with Crippen molar-refractivity contribution in [3.05, 3.63) is 34.7 Å². The summed E-state index contributed by atoms with van der Waals surface area (Å²) in [5, 5.41) is 14.6. The van der Waals surface area contributed by atoms with Crippen LogP contribution in [0, 0.1) is 0 Å². The van der Waals surface area contributed by atoms with Crippen molar-refractivity contribution < 1.29 is 4.79 Å². The molecule has 3 rings (SSSR count). The third-order valence-corrected chi connectivity index (χ3v) is 4.41. The Morgan fingerprint density at radius 2 is 2.50 bits per heavy atom. The minimum atomic E-state index is -0.153. The third-order valence-electron chi connectivity index (χ3n) is 3.70. The molecule has 5 nitrogen and oxygen atoms in total. The van der Waals surface area contributed by atoms with Crippen LogP contribution < -0.4 is 10.6 Å². The minimum Gasteiger partial charge on any atom is -0.315 e. The Bertz CT molecular complexity index is 572. The van der Waals surface area contributed by atoms with Gasteiger partial charge in [0.1, 0.15) is 0 Å². The number of hydrogen-bond donors (Lipinski definition) is 2. The van der Waals surface area contributed by atoms with Gasteiger partial charge in [-0.2, -0.15) is 16.4 Å². The second-order valence-corrected chi connectivity index (χ2v) is 5.88. The van der Waals surface area contributed by atoms with E-state index < -0.39 is 0 Å². The average molecular weight is 290 g/mol. The molecule has 1 saturated heterocycles. The number of aromatic nitrogens is 2. The van der Waals surface area contributed by atoms with Crippen molar-refractivity contribution in [2.45, 2.75) is 25.3 Å². The van der Waals surface area contributed by atoms with Gasteiger partial charge in [-0.3, -0.25) is 9.48 Å². The van der Waals surface area contributed by atoms with E-state index in [1.807, 2.05) is 40.7 Å². The van der Waals surface area contributed by atoms with Gasteiger partial charge in [0.2, 0.25) is 5.91 Å². The highest BCUT2D eigenvalue weighted by molar-refractivity contribution is 7.08. The molecule has 0 aliphatic carbocycles. The van der Waals surface area contributed by atoms with Crippen LogP contribution in [0.1, 0.15) is 30.9 Å². The van der Waals surface area contributed by atoms with Gasteiger partial charge in [-0.05, 0) is 42.3 Å². The first kappa shape index (κ1) is 13.3. The molecule has 1 fully saturated rings. The summed E-state index contributed by atoms with van der Waals surface area (Å²) in [6.45, 7) is 3.89. The number of nitrogens with one attached hydrogen (secondary N) is 2. The van der Waals surface area contributed by atoms with E-state index in [4.69, 9.17) is 0 Å². The molecule has 2 unspecified atom stereocenters. The van der Waals surface area contributed by atoms with Gasteiger partial charge in [0.15, 0.2) is 5.82 Å². The van der Waals surface area contributed by atoms with Gasteiger partial charge in [0, 0.05) is 18.8 Å². The van der Waals surface area contributed by atoms with E-state index in [0.717, 1.165) is 25.1 Å². The Morgan fingerprint density at radius 3 is 3.20 bits per heavy atom. The monoisotopic (exact) mass is 290 g/mol. The number of carbonyl (C=O) groups excluding carboxylic acids is 1. The van der Waals surface area contributed by atoms with E-state index in [1.165, 1.54) is 0 Å². The lowest BCUT2D eigenvalue weighted by Gasteiger charge is -2.10. The van der Waals surface area contributed by atoms with E-state index in [0.29, 0.717) is 11.9 Å². The first-order valence-electron chi connectivity index (χ1n) is 6.83. The summed E-state index contributed by atoms with van der Waals surface area (Å²) >= 11 is 1.61. The van der Waals surface area contributed by atoms with Crippen LogP contribution >= 0.6 is 11.3 Å². The fourth-order valence-electron chi connectivity index (χ4n) is 2.38. The Labute approximate surface area is 122 Å². The van der Waals surface area contributed by atoms with E-state index in [2.05, 4.69) is 15.7 Å². The number of rotatable bonds is 4. The van der Waals surface area contributed by atoms with Gasteiger partial charge in [-0.15, -0.1) is 0 Å². The molecule has 0 spiro atoms. The quantitative estimate of drug-likeness (QED) is 0.907. The van der Waals surface area contributed by atoms with Gasteiger partial charge in [0.25, 0.3) is 0 Å². The topological polar surface area (TPSA) is 59.0 Å². The summed E-state index contributed by atoms with van der Waals surface area (Å²) < 4.78 is 1.94. The molecular weight excluding hydrogens is 272 g/mol. The molecule has 2 N–H and O–H groups in total. The molecule has 20 heavy (non-hydrogen) atoms. The molecule has 0 saturated carbocycles. The standard InChI is InChI=1S/C14H18N4OS/c1-10(11-4-7-20-9-11)14(19)16-13-3-6-18(17-13)12-2-5-15-8-12/h3-4,6-7,9-10,12,15H,2,5,8H2,1H3,(H,16,17,19). The van der Waals surface area contributed by atoms with Crippen molar-refractivity contribution in [2.24, 2.45) is 0 Å². The molecule has 2 aromatic heterocycles. The maximum Gasteiger partial charge on any atom is 0.232 e. The normalized spacial score (nSPS) is 19.9. The molecule has 1 aliphatic heterocycles. The molecular formula is C14H18N4OS. The molecule has 1 aliphatic rings. The average Bonchev–Trinajstić information content (AvgIpc) is 3.19. The molecule has 106 valence electrons. The largest absolute Gasteiger partial charge is 0.315 e. The van der Waals surface area contributed by atoms with Crippen molar-refractivity contribution >= 4 is 23.1 Å². The Kier molecular flexibility index (Phi) is 3.84. The molecule has 2 aromatic rings. The Balaban J connectivity index is 1.64. The number of nitrogens with zero attached hydrogens (tertiary/aromatic N) is 2. The summed E-state index contributed by atoms with van der Waals surface area (Å²) in [5.41, 5.74) is 1.05. The summed E-state index contributed by atoms with van der Waals surface area (Å²) in [7, 11) is 0. The van der Waals surface area contributed by atoms with E-state index in [-0.39, 0.29) is 11.8 Å². The van der Waals surface area contributed by atoms with Crippen LogP contribution in [0.4, 0.5) is 5.82 Å². The van der Waals surface area contributed by atoms with Crippen LogP contribution in [0.3, 0.4) is 0 Å². The molecule has 1 amide bonds. The Hall–Kier alpha value is -1.66. The van der Waals surface area contributed by atoms with Crippen LogP contribution in [0.15, 0.2) is 29.1 Å². The lowest BCUT2D eigenvalue weighted by atomic mass is 10.0. The van der Waals surface area contributed by atoms with Gasteiger partial charge in [0.05, 0.1) is 12.0 Å². The zero-order chi connectivity index (χ0) is 13.9. The summed E-state index contributed by atoms with van der Waals surface area (Å²) in [4.78, 5) is 12.2. The SMILES string of the molecule is CC(C(=O)Nc1ccn(C2CCNC2)n1)c1ccsc1. The second kappa shape index (κ2) is 5.76. The van der Waals surface area contributed by atoms with Crippen molar-refractivity contribution in [1.29, 1.82) is 0 Å². The van der Waals surface area contributed by atoms with E-state index >= 15 is 0 Å². The maximum absolute atomic E-state index is 12.2. The van der Waals surface area contributed by atoms with Gasteiger partial charge in [-0.25, -0.2) is 0 Å². The van der Waals surface area contributed by atoms with E-state index in [9.17, 15) is 4.79 Å². The van der Waals surface area contributed by atoms with Crippen molar-refractivity contribution in [2.75, 3.05) is 18.4 Å². The van der Waals surface area contributed by atoms with E-state index in [1.54, 1.807) is 11.3 Å². The lowest BCUT2D eigenvalue weighted by molar-refractivity contribution is -0.117. The van der Waals surface area contributed by atoms with Gasteiger partial charge in [-0.1, -0.05) is 0 Å². The predicted molar refractivity (Wildman–Crippen MR) is 80.1 cm³/mol. The lowest BCUT2D eigenvalue weighted by Crippen LogP contribution is -2.19. The number of carbonyl (C=O) groups is 1. The minimum absolute atomic E-state index is 0.0156. The summed E-state index contributed by atoms with van der Waals surface area (Å²) in [6, 6.07) is 4.24. The van der Waals surface area contributed by atoms with Gasteiger partial charge < -0.3 is 10.6 Å². The van der Waals surface area contributed by atoms with Crippen LogP contribution in [0.5, 0.6) is 0 Å². The maximum atomic E-state index is 12.2. The highest BCUT2D eigenvalue weighted by Crippen LogP contribution is 2.20. The number of anilines is 1. The zero-order valence-electron chi connectivity index (χ0n) is 11.4. The van der Waals surface area contributed by atoms with Crippen molar-refractivity contribution in [3.8, 4) is 0 Å². The highest BCUT2D eigenvalue weighted by Gasteiger charge is 2.19. The third kappa shape index (κ3) is 2.76. The van der Waals surface area contributed by atoms with Crippen LogP contribution in [0.25, 0.3) is 0 Å². The van der Waals surface area contributed by atoms with Crippen molar-refractivity contribution in [3.63, 3.8) is 0 Å². The first-order chi connectivity index (χ1) is 9.74. The van der Waals surface area contributed by atoms with Crippen molar-refractivity contribution in [1.82, 2.24) is 15.1 Å². The smallest absolute Gasteiger partial charge is 0.232 e. The fourth-order valence-corrected chi connectivity index (χ4v) is 3.13. The molecule has 3 heterocycles. The highest BCUT2D eigenvalue weighted by atomic mass is 32.1. The van der Waals surface area contributed by atoms with Gasteiger partial charge >= 0.3 is 0 Å². The Morgan fingerprint density at radius 1 is 1.60 bits per heavy atom. The number of amides is 1. The van der Waals surface area contributed by atoms with Crippen LogP contribution in [0.2, 0.25) is 0 Å². The molecule has 0 bridgehead atoms. The molecule has 0 aromatic carbocycles. The number of thiophene rings is 1. The molecule has 0 radical (unpaired) electrons. The number of hydrogen-bond acceptors (Lipinski definition) is 4.